The summed E-state index contributed by atoms with van der Waals surface area (Å²) in [7, 11) is 1.65. The Morgan fingerprint density at radius 3 is 2.55 bits per heavy atom. The van der Waals surface area contributed by atoms with Crippen molar-refractivity contribution in [2.75, 3.05) is 25.1 Å². The molecule has 1 aromatic carbocycles. The lowest BCUT2D eigenvalue weighted by molar-refractivity contribution is 0.413. The zero-order valence-corrected chi connectivity index (χ0v) is 11.8. The number of nitrogens with zero attached hydrogens (tertiary/aromatic N) is 2. The molecule has 2 aromatic rings. The molecule has 0 radical (unpaired) electrons. The molecule has 0 saturated carbocycles. The zero-order chi connectivity index (χ0) is 14.2. The molecule has 0 saturated heterocycles. The normalized spacial score (nSPS) is 10.3. The van der Waals surface area contributed by atoms with Crippen LogP contribution in [0.2, 0.25) is 0 Å². The van der Waals surface area contributed by atoms with E-state index in [-0.39, 0.29) is 0 Å². The van der Waals surface area contributed by atoms with E-state index in [0.29, 0.717) is 6.54 Å². The first-order valence-corrected chi connectivity index (χ1v) is 6.82. The molecular weight excluding hydrogens is 250 g/mol. The largest absolute Gasteiger partial charge is 0.495 e. The number of rotatable bonds is 7. The summed E-state index contributed by atoms with van der Waals surface area (Å²) < 4.78 is 5.15. The summed E-state index contributed by atoms with van der Waals surface area (Å²) in [4.78, 5) is 6.70. The van der Waals surface area contributed by atoms with E-state index in [2.05, 4.69) is 34.1 Å². The van der Waals surface area contributed by atoms with Crippen LogP contribution >= 0.6 is 0 Å². The van der Waals surface area contributed by atoms with Gasteiger partial charge in [-0.2, -0.15) is 0 Å². The number of pyridine rings is 1. The van der Waals surface area contributed by atoms with Crippen molar-refractivity contribution in [3.63, 3.8) is 0 Å². The molecule has 0 bridgehead atoms. The number of ether oxygens (including phenoxy) is 1. The molecule has 4 heteroatoms. The Labute approximate surface area is 120 Å². The van der Waals surface area contributed by atoms with Gasteiger partial charge in [0.25, 0.3) is 0 Å². The van der Waals surface area contributed by atoms with Crippen LogP contribution in [0.15, 0.2) is 48.7 Å². The molecule has 2 N–H and O–H groups in total. The molecule has 0 fully saturated rings. The van der Waals surface area contributed by atoms with Crippen LogP contribution in [0.1, 0.15) is 12.0 Å². The summed E-state index contributed by atoms with van der Waals surface area (Å²) in [6, 6.07) is 14.3. The summed E-state index contributed by atoms with van der Waals surface area (Å²) in [6.45, 7) is 2.41. The highest BCUT2D eigenvalue weighted by atomic mass is 16.5. The molecule has 2 rings (SSSR count). The van der Waals surface area contributed by atoms with E-state index in [4.69, 9.17) is 10.5 Å². The van der Waals surface area contributed by atoms with Gasteiger partial charge in [0.15, 0.2) is 0 Å². The first kappa shape index (κ1) is 14.3. The monoisotopic (exact) mass is 271 g/mol. The number of hydrogen-bond donors (Lipinski definition) is 1. The lowest BCUT2D eigenvalue weighted by Gasteiger charge is -2.23. The van der Waals surface area contributed by atoms with Crippen LogP contribution in [0.25, 0.3) is 0 Å². The van der Waals surface area contributed by atoms with Gasteiger partial charge in [0.05, 0.1) is 13.3 Å². The van der Waals surface area contributed by atoms with Crippen LogP contribution in [-0.4, -0.2) is 25.2 Å². The fourth-order valence-corrected chi connectivity index (χ4v) is 2.04. The fourth-order valence-electron chi connectivity index (χ4n) is 2.04. The summed E-state index contributed by atoms with van der Waals surface area (Å²) >= 11 is 0. The van der Waals surface area contributed by atoms with E-state index in [1.54, 1.807) is 13.3 Å². The van der Waals surface area contributed by atoms with Gasteiger partial charge in [-0.3, -0.25) is 0 Å². The Morgan fingerprint density at radius 1 is 1.15 bits per heavy atom. The Balaban J connectivity index is 2.13. The van der Waals surface area contributed by atoms with E-state index in [1.807, 2.05) is 18.2 Å². The van der Waals surface area contributed by atoms with Gasteiger partial charge in [0, 0.05) is 13.1 Å². The lowest BCUT2D eigenvalue weighted by Crippen LogP contribution is -2.26. The predicted octanol–water partition coefficient (Wildman–Crippen LogP) is 2.45. The minimum atomic E-state index is 0.682. The molecule has 106 valence electrons. The molecule has 1 heterocycles. The standard InChI is InChI=1S/C16H21N3O/c1-20-15-8-9-16(18-12-15)19(11-5-10-17)13-14-6-3-2-4-7-14/h2-4,6-9,12H,5,10-11,13,17H2,1H3. The molecule has 0 spiro atoms. The van der Waals surface area contributed by atoms with E-state index in [9.17, 15) is 0 Å². The van der Waals surface area contributed by atoms with Crippen molar-refractivity contribution in [3.05, 3.63) is 54.2 Å². The molecule has 0 aliphatic heterocycles. The van der Waals surface area contributed by atoms with Gasteiger partial charge < -0.3 is 15.4 Å². The molecule has 0 atom stereocenters. The molecule has 0 aliphatic carbocycles. The van der Waals surface area contributed by atoms with Crippen molar-refractivity contribution in [1.29, 1.82) is 0 Å². The van der Waals surface area contributed by atoms with Crippen molar-refractivity contribution >= 4 is 5.82 Å². The van der Waals surface area contributed by atoms with Crippen LogP contribution in [0.4, 0.5) is 5.82 Å². The van der Waals surface area contributed by atoms with E-state index < -0.39 is 0 Å². The maximum absolute atomic E-state index is 5.63. The molecule has 0 unspecified atom stereocenters. The highest BCUT2D eigenvalue weighted by Crippen LogP contribution is 2.18. The smallest absolute Gasteiger partial charge is 0.137 e. The molecule has 0 amide bonds. The second-order valence-corrected chi connectivity index (χ2v) is 4.61. The summed E-state index contributed by atoms with van der Waals surface area (Å²) in [5, 5.41) is 0. The molecule has 20 heavy (non-hydrogen) atoms. The number of aromatic nitrogens is 1. The van der Waals surface area contributed by atoms with E-state index >= 15 is 0 Å². The van der Waals surface area contributed by atoms with E-state index in [1.165, 1.54) is 5.56 Å². The van der Waals surface area contributed by atoms with Crippen molar-refractivity contribution in [2.45, 2.75) is 13.0 Å². The first-order valence-electron chi connectivity index (χ1n) is 6.82. The zero-order valence-electron chi connectivity index (χ0n) is 11.8. The first-order chi connectivity index (χ1) is 9.83. The molecule has 1 aromatic heterocycles. The molecule has 0 aliphatic rings. The maximum atomic E-state index is 5.63. The SMILES string of the molecule is COc1ccc(N(CCCN)Cc2ccccc2)nc1. The number of methoxy groups -OCH3 is 1. The highest BCUT2D eigenvalue weighted by Gasteiger charge is 2.08. The van der Waals surface area contributed by atoms with Crippen molar-refractivity contribution in [2.24, 2.45) is 5.73 Å². The molecule has 4 nitrogen and oxygen atoms in total. The Hall–Kier alpha value is -2.07. The minimum absolute atomic E-state index is 0.682. The average Bonchev–Trinajstić information content (AvgIpc) is 2.52. The van der Waals surface area contributed by atoms with Crippen molar-refractivity contribution in [3.8, 4) is 5.75 Å². The third kappa shape index (κ3) is 3.96. The third-order valence-corrected chi connectivity index (χ3v) is 3.13. The summed E-state index contributed by atoms with van der Waals surface area (Å²) in [6.07, 6.45) is 2.69. The second kappa shape index (κ2) is 7.50. The van der Waals surface area contributed by atoms with Gasteiger partial charge in [0.2, 0.25) is 0 Å². The number of anilines is 1. The van der Waals surface area contributed by atoms with Gasteiger partial charge >= 0.3 is 0 Å². The van der Waals surface area contributed by atoms with Crippen molar-refractivity contribution in [1.82, 2.24) is 4.98 Å². The topological polar surface area (TPSA) is 51.4 Å². The maximum Gasteiger partial charge on any atom is 0.137 e. The van der Waals surface area contributed by atoms with Crippen LogP contribution < -0.4 is 15.4 Å². The Bertz CT molecular complexity index is 499. The van der Waals surface area contributed by atoms with Gasteiger partial charge in [-0.1, -0.05) is 30.3 Å². The van der Waals surface area contributed by atoms with Gasteiger partial charge in [0.1, 0.15) is 11.6 Å². The fraction of sp³-hybridized carbons (Fsp3) is 0.312. The van der Waals surface area contributed by atoms with Gasteiger partial charge in [-0.05, 0) is 30.7 Å². The summed E-state index contributed by atoms with van der Waals surface area (Å²) in [5.41, 5.74) is 6.89. The third-order valence-electron chi connectivity index (χ3n) is 3.13. The number of nitrogens with two attached hydrogens (primary N) is 1. The second-order valence-electron chi connectivity index (χ2n) is 4.61. The van der Waals surface area contributed by atoms with Crippen LogP contribution in [-0.2, 0) is 6.54 Å². The van der Waals surface area contributed by atoms with Crippen molar-refractivity contribution < 1.29 is 4.74 Å². The van der Waals surface area contributed by atoms with Crippen LogP contribution in [0.3, 0.4) is 0 Å². The van der Waals surface area contributed by atoms with Crippen LogP contribution in [0.5, 0.6) is 5.75 Å². The quantitative estimate of drug-likeness (QED) is 0.840. The lowest BCUT2D eigenvalue weighted by atomic mass is 10.2. The van der Waals surface area contributed by atoms with Gasteiger partial charge in [-0.25, -0.2) is 4.98 Å². The Morgan fingerprint density at radius 2 is 1.95 bits per heavy atom. The van der Waals surface area contributed by atoms with Crippen LogP contribution in [0, 0.1) is 0 Å². The Kier molecular flexibility index (Phi) is 5.38. The minimum Gasteiger partial charge on any atom is -0.495 e. The molecular formula is C16H21N3O. The van der Waals surface area contributed by atoms with E-state index in [0.717, 1.165) is 31.1 Å². The average molecular weight is 271 g/mol. The predicted molar refractivity (Wildman–Crippen MR) is 82.0 cm³/mol. The van der Waals surface area contributed by atoms with Gasteiger partial charge in [-0.15, -0.1) is 0 Å². The number of hydrogen-bond acceptors (Lipinski definition) is 4. The highest BCUT2D eigenvalue weighted by molar-refractivity contribution is 5.41. The summed E-state index contributed by atoms with van der Waals surface area (Å²) in [5.74, 6) is 1.72. The number of benzene rings is 1.